The van der Waals surface area contributed by atoms with Crippen LogP contribution in [0.5, 0.6) is 0 Å². The van der Waals surface area contributed by atoms with E-state index in [9.17, 15) is 21.6 Å². The van der Waals surface area contributed by atoms with Gasteiger partial charge in [-0.05, 0) is 47.5 Å². The molecule has 2 heterocycles. The Kier molecular flexibility index (Phi) is 4.44. The quantitative estimate of drug-likeness (QED) is 0.538. The Morgan fingerprint density at radius 3 is 2.45 bits per heavy atom. The van der Waals surface area contributed by atoms with Crippen LogP contribution in [0.2, 0.25) is 0 Å². The lowest BCUT2D eigenvalue weighted by Gasteiger charge is -2.16. The molecule has 2 N–H and O–H groups in total. The highest BCUT2D eigenvalue weighted by molar-refractivity contribution is 7.89. The number of hydrogen-bond donors (Lipinski definition) is 1. The molecular formula is C20H14F3N3O2S. The van der Waals surface area contributed by atoms with Crippen LogP contribution in [-0.4, -0.2) is 18.0 Å². The second-order valence-corrected chi connectivity index (χ2v) is 7.92. The minimum absolute atomic E-state index is 0.235. The molecule has 0 aliphatic rings. The third-order valence-corrected chi connectivity index (χ3v) is 5.49. The van der Waals surface area contributed by atoms with Crippen LogP contribution in [0, 0.1) is 0 Å². The van der Waals surface area contributed by atoms with Crippen LogP contribution in [0.25, 0.3) is 27.7 Å². The van der Waals surface area contributed by atoms with E-state index < -0.39 is 26.7 Å². The summed E-state index contributed by atoms with van der Waals surface area (Å²) in [4.78, 5) is 3.12. The molecule has 0 saturated carbocycles. The predicted octanol–water partition coefficient (Wildman–Crippen LogP) is 4.36. The maximum atomic E-state index is 13.7. The first-order chi connectivity index (χ1) is 13.7. The predicted molar refractivity (Wildman–Crippen MR) is 103 cm³/mol. The molecule has 9 heteroatoms. The Hall–Kier alpha value is -3.17. The molecule has 2 aromatic heterocycles. The van der Waals surface area contributed by atoms with Crippen molar-refractivity contribution in [1.82, 2.24) is 9.55 Å². The SMILES string of the molecule is NS(=O)(=O)c1cccc(-c2ccc3c(ccn3-c3cccnc3)c2)c1C(F)(F)F. The van der Waals surface area contributed by atoms with Crippen molar-refractivity contribution in [2.75, 3.05) is 0 Å². The lowest BCUT2D eigenvalue weighted by atomic mass is 9.98. The lowest BCUT2D eigenvalue weighted by Crippen LogP contribution is -2.20. The molecule has 5 nitrogen and oxygen atoms in total. The first kappa shape index (κ1) is 19.2. The number of rotatable bonds is 3. The molecule has 148 valence electrons. The Morgan fingerprint density at radius 2 is 1.79 bits per heavy atom. The van der Waals surface area contributed by atoms with Crippen LogP contribution in [0.1, 0.15) is 5.56 Å². The van der Waals surface area contributed by atoms with Crippen molar-refractivity contribution < 1.29 is 21.6 Å². The topological polar surface area (TPSA) is 78.0 Å². The largest absolute Gasteiger partial charge is 0.418 e. The number of benzene rings is 2. The summed E-state index contributed by atoms with van der Waals surface area (Å²) < 4.78 is 66.5. The highest BCUT2D eigenvalue weighted by Crippen LogP contribution is 2.41. The Bertz CT molecular complexity index is 1310. The molecule has 0 bridgehead atoms. The van der Waals surface area contributed by atoms with Gasteiger partial charge in [-0.25, -0.2) is 13.6 Å². The number of fused-ring (bicyclic) bond motifs is 1. The van der Waals surface area contributed by atoms with E-state index in [0.717, 1.165) is 17.3 Å². The molecule has 0 aliphatic carbocycles. The third-order valence-electron chi connectivity index (χ3n) is 4.54. The van der Waals surface area contributed by atoms with E-state index in [1.807, 2.05) is 10.6 Å². The Labute approximate surface area is 164 Å². The first-order valence-electron chi connectivity index (χ1n) is 8.41. The minimum atomic E-state index is -4.89. The number of halogens is 3. The van der Waals surface area contributed by atoms with Gasteiger partial charge in [0, 0.05) is 17.8 Å². The van der Waals surface area contributed by atoms with E-state index in [4.69, 9.17) is 5.14 Å². The van der Waals surface area contributed by atoms with Crippen molar-refractivity contribution in [1.29, 1.82) is 0 Å². The van der Waals surface area contributed by atoms with Gasteiger partial charge in [-0.1, -0.05) is 18.2 Å². The molecule has 0 spiro atoms. The van der Waals surface area contributed by atoms with Crippen molar-refractivity contribution in [2.45, 2.75) is 11.1 Å². The van der Waals surface area contributed by atoms with Crippen LogP contribution in [0.15, 0.2) is 78.1 Å². The van der Waals surface area contributed by atoms with Crippen LogP contribution >= 0.6 is 0 Å². The zero-order chi connectivity index (χ0) is 20.8. The summed E-state index contributed by atoms with van der Waals surface area (Å²) in [5, 5.41) is 5.72. The number of pyridine rings is 1. The van der Waals surface area contributed by atoms with Crippen molar-refractivity contribution in [3.05, 3.63) is 78.8 Å². The van der Waals surface area contributed by atoms with Crippen molar-refractivity contribution in [3.8, 4) is 16.8 Å². The van der Waals surface area contributed by atoms with Crippen LogP contribution in [0.4, 0.5) is 13.2 Å². The maximum absolute atomic E-state index is 13.7. The molecule has 4 aromatic rings. The molecule has 0 saturated heterocycles. The number of nitrogens with zero attached hydrogens (tertiary/aromatic N) is 2. The molecular weight excluding hydrogens is 403 g/mol. The smallest absolute Gasteiger partial charge is 0.315 e. The maximum Gasteiger partial charge on any atom is 0.418 e. The molecule has 2 aromatic carbocycles. The van der Waals surface area contributed by atoms with E-state index in [2.05, 4.69) is 4.98 Å². The summed E-state index contributed by atoms with van der Waals surface area (Å²) in [5.74, 6) is 0. The van der Waals surface area contributed by atoms with E-state index in [1.54, 1.807) is 42.9 Å². The zero-order valence-corrected chi connectivity index (χ0v) is 15.6. The fraction of sp³-hybridized carbons (Fsp3) is 0.0500. The van der Waals surface area contributed by atoms with E-state index >= 15 is 0 Å². The van der Waals surface area contributed by atoms with Crippen LogP contribution in [-0.2, 0) is 16.2 Å². The fourth-order valence-electron chi connectivity index (χ4n) is 3.33. The van der Waals surface area contributed by atoms with Gasteiger partial charge < -0.3 is 4.57 Å². The van der Waals surface area contributed by atoms with E-state index in [0.29, 0.717) is 5.39 Å². The third kappa shape index (κ3) is 3.50. The monoisotopic (exact) mass is 417 g/mol. The number of aromatic nitrogens is 2. The van der Waals surface area contributed by atoms with Crippen molar-refractivity contribution in [2.24, 2.45) is 5.14 Å². The van der Waals surface area contributed by atoms with E-state index in [1.165, 1.54) is 18.2 Å². The average Bonchev–Trinajstić information content (AvgIpc) is 3.10. The normalized spacial score (nSPS) is 12.4. The second-order valence-electron chi connectivity index (χ2n) is 6.39. The molecule has 4 rings (SSSR count). The summed E-state index contributed by atoms with van der Waals surface area (Å²) in [5.41, 5.74) is 0.299. The molecule has 29 heavy (non-hydrogen) atoms. The summed E-state index contributed by atoms with van der Waals surface area (Å²) in [6.07, 6.45) is 0.209. The van der Waals surface area contributed by atoms with Crippen LogP contribution in [0.3, 0.4) is 0 Å². The van der Waals surface area contributed by atoms with Gasteiger partial charge >= 0.3 is 6.18 Å². The Balaban J connectivity index is 1.93. The summed E-state index contributed by atoms with van der Waals surface area (Å²) in [7, 11) is -4.55. The molecule has 0 fully saturated rings. The second kappa shape index (κ2) is 6.71. The highest BCUT2D eigenvalue weighted by atomic mass is 32.2. The van der Waals surface area contributed by atoms with Crippen LogP contribution < -0.4 is 5.14 Å². The van der Waals surface area contributed by atoms with Gasteiger partial charge in [0.15, 0.2) is 0 Å². The molecule has 0 unspecified atom stereocenters. The summed E-state index contributed by atoms with van der Waals surface area (Å²) in [6, 6.07) is 13.5. The standard InChI is InChI=1S/C20H14F3N3O2S/c21-20(22,23)19-16(4-1-5-18(19)29(24,27)28)13-6-7-17-14(11-13)8-10-26(17)15-3-2-9-25-12-15/h1-12H,(H2,24,27,28). The number of nitrogens with two attached hydrogens (primary N) is 1. The Morgan fingerprint density at radius 1 is 1.00 bits per heavy atom. The molecule has 0 aliphatic heterocycles. The average molecular weight is 417 g/mol. The number of alkyl halides is 3. The first-order valence-corrected chi connectivity index (χ1v) is 9.96. The zero-order valence-electron chi connectivity index (χ0n) is 14.8. The van der Waals surface area contributed by atoms with Gasteiger partial charge in [-0.3, -0.25) is 4.98 Å². The molecule has 0 radical (unpaired) electrons. The number of primary sulfonamides is 1. The van der Waals surface area contributed by atoms with Gasteiger partial charge in [-0.2, -0.15) is 13.2 Å². The van der Waals surface area contributed by atoms with Gasteiger partial charge in [0.2, 0.25) is 10.0 Å². The minimum Gasteiger partial charge on any atom is -0.315 e. The lowest BCUT2D eigenvalue weighted by molar-refractivity contribution is -0.139. The van der Waals surface area contributed by atoms with Gasteiger partial charge in [-0.15, -0.1) is 0 Å². The van der Waals surface area contributed by atoms with E-state index in [-0.39, 0.29) is 11.1 Å². The van der Waals surface area contributed by atoms with Gasteiger partial charge in [0.05, 0.1) is 27.9 Å². The van der Waals surface area contributed by atoms with Crippen molar-refractivity contribution in [3.63, 3.8) is 0 Å². The number of sulfonamides is 1. The number of hydrogen-bond acceptors (Lipinski definition) is 3. The van der Waals surface area contributed by atoms with Gasteiger partial charge in [0.25, 0.3) is 0 Å². The molecule has 0 amide bonds. The fourth-order valence-corrected chi connectivity index (χ4v) is 4.11. The van der Waals surface area contributed by atoms with Crippen molar-refractivity contribution >= 4 is 20.9 Å². The molecule has 0 atom stereocenters. The van der Waals surface area contributed by atoms with Gasteiger partial charge in [0.1, 0.15) is 0 Å². The highest BCUT2D eigenvalue weighted by Gasteiger charge is 2.39. The summed E-state index contributed by atoms with van der Waals surface area (Å²) >= 11 is 0. The summed E-state index contributed by atoms with van der Waals surface area (Å²) in [6.45, 7) is 0.